The van der Waals surface area contributed by atoms with Gasteiger partial charge in [0, 0.05) is 28.8 Å². The van der Waals surface area contributed by atoms with Gasteiger partial charge in [-0.15, -0.1) is 0 Å². The van der Waals surface area contributed by atoms with E-state index in [-0.39, 0.29) is 0 Å². The first-order chi connectivity index (χ1) is 7.29. The molecule has 2 aliphatic rings. The Morgan fingerprint density at radius 3 is 3.07 bits per heavy atom. The Hall–Kier alpha value is -0.540. The van der Waals surface area contributed by atoms with Crippen LogP contribution >= 0.6 is 15.9 Å². The van der Waals surface area contributed by atoms with E-state index >= 15 is 0 Å². The lowest BCUT2D eigenvalue weighted by Gasteiger charge is -2.26. The summed E-state index contributed by atoms with van der Waals surface area (Å²) in [6.07, 6.45) is 3.76. The summed E-state index contributed by atoms with van der Waals surface area (Å²) in [5.41, 5.74) is 8.72. The van der Waals surface area contributed by atoms with E-state index in [1.807, 2.05) is 0 Å². The minimum absolute atomic E-state index is 0.567. The summed E-state index contributed by atoms with van der Waals surface area (Å²) in [6, 6.07) is 7.89. The molecular weight excluding hydrogens is 252 g/mol. The molecule has 2 aliphatic heterocycles. The van der Waals surface area contributed by atoms with Crippen molar-refractivity contribution in [3.8, 4) is 0 Å². The zero-order valence-corrected chi connectivity index (χ0v) is 10.2. The predicted molar refractivity (Wildman–Crippen MR) is 66.2 cm³/mol. The van der Waals surface area contributed by atoms with Crippen molar-refractivity contribution in [1.29, 1.82) is 0 Å². The van der Waals surface area contributed by atoms with Gasteiger partial charge in [0.2, 0.25) is 0 Å². The van der Waals surface area contributed by atoms with Crippen LogP contribution in [0.1, 0.15) is 18.4 Å². The summed E-state index contributed by atoms with van der Waals surface area (Å²) in [5, 5.41) is 0. The van der Waals surface area contributed by atoms with E-state index in [0.717, 1.165) is 6.54 Å². The molecule has 3 rings (SSSR count). The highest BCUT2D eigenvalue weighted by Gasteiger charge is 2.38. The number of nitrogens with two attached hydrogens (primary N) is 1. The molecule has 1 aromatic rings. The Balaban J connectivity index is 2.02. The summed E-state index contributed by atoms with van der Waals surface area (Å²) in [6.45, 7) is 0.784. The average Bonchev–Trinajstić information content (AvgIpc) is 2.74. The van der Waals surface area contributed by atoms with Crippen molar-refractivity contribution in [2.45, 2.75) is 31.3 Å². The van der Waals surface area contributed by atoms with Crippen LogP contribution in [0.4, 0.5) is 5.69 Å². The van der Waals surface area contributed by atoms with Crippen molar-refractivity contribution in [1.82, 2.24) is 0 Å². The van der Waals surface area contributed by atoms with Gasteiger partial charge in [-0.1, -0.05) is 15.9 Å². The molecule has 2 nitrogen and oxygen atoms in total. The van der Waals surface area contributed by atoms with E-state index in [2.05, 4.69) is 39.0 Å². The maximum Gasteiger partial charge on any atom is 0.0416 e. The fourth-order valence-electron chi connectivity index (χ4n) is 3.01. The Morgan fingerprint density at radius 2 is 2.27 bits per heavy atom. The number of halogens is 1. The second-order valence-corrected chi connectivity index (χ2v) is 5.42. The van der Waals surface area contributed by atoms with Crippen molar-refractivity contribution in [3.05, 3.63) is 28.2 Å². The summed E-state index contributed by atoms with van der Waals surface area (Å²) in [4.78, 5) is 2.54. The highest BCUT2D eigenvalue weighted by molar-refractivity contribution is 9.10. The summed E-state index contributed by atoms with van der Waals surface area (Å²) < 4.78 is 1.19. The molecule has 2 unspecified atom stereocenters. The largest absolute Gasteiger partial charge is 0.364 e. The topological polar surface area (TPSA) is 29.3 Å². The van der Waals surface area contributed by atoms with Gasteiger partial charge in [-0.3, -0.25) is 0 Å². The van der Waals surface area contributed by atoms with Crippen molar-refractivity contribution in [3.63, 3.8) is 0 Å². The molecule has 15 heavy (non-hydrogen) atoms. The lowest BCUT2D eigenvalue weighted by molar-refractivity contribution is 0.659. The molecule has 1 fully saturated rings. The zero-order chi connectivity index (χ0) is 10.4. The van der Waals surface area contributed by atoms with Crippen molar-refractivity contribution >= 4 is 21.6 Å². The number of rotatable bonds is 1. The van der Waals surface area contributed by atoms with Crippen LogP contribution in [0.15, 0.2) is 22.7 Å². The molecule has 0 bridgehead atoms. The Kier molecular flexibility index (Phi) is 2.25. The van der Waals surface area contributed by atoms with Crippen LogP contribution in [0.3, 0.4) is 0 Å². The molecule has 0 saturated carbocycles. The molecule has 0 spiro atoms. The van der Waals surface area contributed by atoms with E-state index < -0.39 is 0 Å². The maximum atomic E-state index is 5.83. The van der Waals surface area contributed by atoms with Crippen molar-refractivity contribution in [2.24, 2.45) is 5.73 Å². The molecule has 3 heteroatoms. The SMILES string of the molecule is NCC1CCC2Cc3cc(Br)ccc3N12. The number of fused-ring (bicyclic) bond motifs is 3. The normalized spacial score (nSPS) is 28.0. The second kappa shape index (κ2) is 3.49. The van der Waals surface area contributed by atoms with E-state index in [4.69, 9.17) is 5.73 Å². The van der Waals surface area contributed by atoms with Crippen LogP contribution in [-0.4, -0.2) is 18.6 Å². The lowest BCUT2D eigenvalue weighted by Crippen LogP contribution is -2.37. The van der Waals surface area contributed by atoms with Gasteiger partial charge in [0.05, 0.1) is 0 Å². The molecule has 2 atom stereocenters. The first-order valence-corrected chi connectivity index (χ1v) is 6.35. The third-order valence-corrected chi connectivity index (χ3v) is 4.16. The molecular formula is C12H15BrN2. The summed E-state index contributed by atoms with van der Waals surface area (Å²) >= 11 is 3.53. The lowest BCUT2D eigenvalue weighted by atomic mass is 10.1. The first-order valence-electron chi connectivity index (χ1n) is 5.56. The number of hydrogen-bond acceptors (Lipinski definition) is 2. The first kappa shape index (κ1) is 9.67. The van der Waals surface area contributed by atoms with Crippen LogP contribution in [0.25, 0.3) is 0 Å². The molecule has 1 aromatic carbocycles. The highest BCUT2D eigenvalue weighted by Crippen LogP contribution is 2.41. The molecule has 0 radical (unpaired) electrons. The van der Waals surface area contributed by atoms with E-state index in [1.165, 1.54) is 35.0 Å². The van der Waals surface area contributed by atoms with E-state index in [9.17, 15) is 0 Å². The van der Waals surface area contributed by atoms with Gasteiger partial charge in [0.15, 0.2) is 0 Å². The number of benzene rings is 1. The monoisotopic (exact) mass is 266 g/mol. The Labute approximate surface area is 98.6 Å². The van der Waals surface area contributed by atoms with Gasteiger partial charge in [0.25, 0.3) is 0 Å². The van der Waals surface area contributed by atoms with Crippen molar-refractivity contribution < 1.29 is 0 Å². The highest BCUT2D eigenvalue weighted by atomic mass is 79.9. The van der Waals surface area contributed by atoms with Crippen LogP contribution in [0.5, 0.6) is 0 Å². The zero-order valence-electron chi connectivity index (χ0n) is 8.62. The smallest absolute Gasteiger partial charge is 0.0416 e. The third kappa shape index (κ3) is 1.41. The summed E-state index contributed by atoms with van der Waals surface area (Å²) in [5.74, 6) is 0. The van der Waals surface area contributed by atoms with Crippen LogP contribution < -0.4 is 10.6 Å². The van der Waals surface area contributed by atoms with Crippen molar-refractivity contribution in [2.75, 3.05) is 11.4 Å². The molecule has 2 N–H and O–H groups in total. The van der Waals surface area contributed by atoms with E-state index in [1.54, 1.807) is 0 Å². The Bertz CT molecular complexity index is 391. The Morgan fingerprint density at radius 1 is 1.40 bits per heavy atom. The van der Waals surface area contributed by atoms with Gasteiger partial charge in [-0.2, -0.15) is 0 Å². The second-order valence-electron chi connectivity index (χ2n) is 4.51. The van der Waals surface area contributed by atoms with Gasteiger partial charge >= 0.3 is 0 Å². The van der Waals surface area contributed by atoms with Gasteiger partial charge in [-0.25, -0.2) is 0 Å². The third-order valence-electron chi connectivity index (χ3n) is 3.67. The predicted octanol–water partition coefficient (Wildman–Crippen LogP) is 2.30. The standard InChI is InChI=1S/C12H15BrN2/c13-9-1-4-12-8(5-9)6-10-2-3-11(7-14)15(10)12/h1,4-5,10-11H,2-3,6-7,14H2. The average molecular weight is 267 g/mol. The molecule has 1 saturated heterocycles. The van der Waals surface area contributed by atoms with E-state index in [0.29, 0.717) is 12.1 Å². The number of hydrogen-bond donors (Lipinski definition) is 1. The fraction of sp³-hybridized carbons (Fsp3) is 0.500. The molecule has 0 aromatic heterocycles. The minimum Gasteiger partial charge on any atom is -0.364 e. The number of nitrogens with zero attached hydrogens (tertiary/aromatic N) is 1. The molecule has 80 valence electrons. The number of anilines is 1. The molecule has 2 heterocycles. The maximum absolute atomic E-state index is 5.83. The quantitative estimate of drug-likeness (QED) is 0.846. The molecule has 0 aliphatic carbocycles. The minimum atomic E-state index is 0.567. The van der Waals surface area contributed by atoms with Crippen LogP contribution in [0, 0.1) is 0 Å². The van der Waals surface area contributed by atoms with Gasteiger partial charge < -0.3 is 10.6 Å². The van der Waals surface area contributed by atoms with Gasteiger partial charge in [0.1, 0.15) is 0 Å². The summed E-state index contributed by atoms with van der Waals surface area (Å²) in [7, 11) is 0. The van der Waals surface area contributed by atoms with Crippen LogP contribution in [0.2, 0.25) is 0 Å². The van der Waals surface area contributed by atoms with Gasteiger partial charge in [-0.05, 0) is 43.0 Å². The van der Waals surface area contributed by atoms with Crippen LogP contribution in [-0.2, 0) is 6.42 Å². The fourth-order valence-corrected chi connectivity index (χ4v) is 3.42. The molecule has 0 amide bonds.